The summed E-state index contributed by atoms with van der Waals surface area (Å²) in [7, 11) is 0. The zero-order valence-corrected chi connectivity index (χ0v) is 7.95. The van der Waals surface area contributed by atoms with Gasteiger partial charge in [-0.25, -0.2) is 0 Å². The van der Waals surface area contributed by atoms with E-state index in [4.69, 9.17) is 14.2 Å². The number of hydrogen-bond donors (Lipinski definition) is 0. The Morgan fingerprint density at radius 2 is 2.15 bits per heavy atom. The van der Waals surface area contributed by atoms with Gasteiger partial charge in [-0.3, -0.25) is 4.79 Å². The van der Waals surface area contributed by atoms with Crippen molar-refractivity contribution < 1.29 is 19.0 Å². The number of hydrogen-bond acceptors (Lipinski definition) is 4. The summed E-state index contributed by atoms with van der Waals surface area (Å²) in [5, 5.41) is 0. The Labute approximate surface area is 78.2 Å². The molecule has 0 spiro atoms. The van der Waals surface area contributed by atoms with Gasteiger partial charge in [0.15, 0.2) is 12.1 Å². The normalized spacial score (nSPS) is 17.9. The molecule has 1 saturated heterocycles. The average Bonchev–Trinajstić information content (AvgIpc) is 2.57. The summed E-state index contributed by atoms with van der Waals surface area (Å²) in [4.78, 5) is 11.2. The molecule has 1 rings (SSSR count). The summed E-state index contributed by atoms with van der Waals surface area (Å²) < 4.78 is 15.4. The van der Waals surface area contributed by atoms with Crippen LogP contribution in [0.2, 0.25) is 0 Å². The quantitative estimate of drug-likeness (QED) is 0.577. The summed E-state index contributed by atoms with van der Waals surface area (Å²) in [6.45, 7) is 4.00. The van der Waals surface area contributed by atoms with Crippen LogP contribution < -0.4 is 0 Å². The molecule has 0 aromatic carbocycles. The van der Waals surface area contributed by atoms with Gasteiger partial charge in [-0.2, -0.15) is 0 Å². The Bertz CT molecular complexity index is 152. The highest BCUT2D eigenvalue weighted by Crippen LogP contribution is 2.08. The molecule has 76 valence electrons. The smallest absolute Gasteiger partial charge is 0.164 e. The van der Waals surface area contributed by atoms with Gasteiger partial charge in [0.25, 0.3) is 0 Å². The van der Waals surface area contributed by atoms with Gasteiger partial charge in [0.05, 0.1) is 19.6 Å². The van der Waals surface area contributed by atoms with Crippen molar-refractivity contribution in [2.75, 3.05) is 26.4 Å². The van der Waals surface area contributed by atoms with Crippen LogP contribution in [0.3, 0.4) is 0 Å². The summed E-state index contributed by atoms with van der Waals surface area (Å²) >= 11 is 0. The van der Waals surface area contributed by atoms with Gasteiger partial charge in [-0.15, -0.1) is 0 Å². The van der Waals surface area contributed by atoms with Crippen molar-refractivity contribution in [1.82, 2.24) is 0 Å². The standard InChI is InChI=1S/C9H16O4/c1-2-3-11-7-8(10)6-9-12-4-5-13-9/h9H,2-7H2,1H3. The largest absolute Gasteiger partial charge is 0.374 e. The maximum atomic E-state index is 11.2. The first-order valence-corrected chi connectivity index (χ1v) is 4.65. The molecular weight excluding hydrogens is 172 g/mol. The van der Waals surface area contributed by atoms with E-state index < -0.39 is 0 Å². The number of carbonyl (C=O) groups is 1. The third-order valence-corrected chi connectivity index (χ3v) is 1.70. The molecule has 1 aliphatic heterocycles. The van der Waals surface area contributed by atoms with E-state index in [1.807, 2.05) is 6.92 Å². The molecular formula is C9H16O4. The first-order valence-electron chi connectivity index (χ1n) is 4.65. The van der Waals surface area contributed by atoms with Gasteiger partial charge >= 0.3 is 0 Å². The van der Waals surface area contributed by atoms with Crippen molar-refractivity contribution in [2.24, 2.45) is 0 Å². The van der Waals surface area contributed by atoms with Crippen LogP contribution in [0.1, 0.15) is 19.8 Å². The molecule has 0 amide bonds. The second-order valence-corrected chi connectivity index (χ2v) is 2.97. The fourth-order valence-electron chi connectivity index (χ4n) is 1.10. The molecule has 0 unspecified atom stereocenters. The lowest BCUT2D eigenvalue weighted by atomic mass is 10.3. The van der Waals surface area contributed by atoms with E-state index in [1.54, 1.807) is 0 Å². The van der Waals surface area contributed by atoms with Crippen molar-refractivity contribution in [2.45, 2.75) is 26.1 Å². The van der Waals surface area contributed by atoms with Crippen LogP contribution in [-0.2, 0) is 19.0 Å². The fraction of sp³-hybridized carbons (Fsp3) is 0.889. The molecule has 0 aliphatic carbocycles. The summed E-state index contributed by atoms with van der Waals surface area (Å²) in [6.07, 6.45) is 0.908. The second-order valence-electron chi connectivity index (χ2n) is 2.97. The molecule has 1 heterocycles. The highest BCUT2D eigenvalue weighted by molar-refractivity contribution is 5.79. The Balaban J connectivity index is 2.02. The van der Waals surface area contributed by atoms with E-state index in [0.29, 0.717) is 26.2 Å². The van der Waals surface area contributed by atoms with Crippen LogP contribution in [-0.4, -0.2) is 38.5 Å². The highest BCUT2D eigenvalue weighted by atomic mass is 16.7. The van der Waals surface area contributed by atoms with E-state index in [9.17, 15) is 4.79 Å². The lowest BCUT2D eigenvalue weighted by Gasteiger charge is -2.07. The maximum Gasteiger partial charge on any atom is 0.164 e. The Morgan fingerprint density at radius 1 is 1.46 bits per heavy atom. The molecule has 0 aromatic heterocycles. The van der Waals surface area contributed by atoms with Crippen LogP contribution in [0.4, 0.5) is 0 Å². The first-order chi connectivity index (χ1) is 6.33. The maximum absolute atomic E-state index is 11.2. The number of carbonyl (C=O) groups excluding carboxylic acids is 1. The van der Waals surface area contributed by atoms with E-state index in [-0.39, 0.29) is 18.7 Å². The Kier molecular flexibility index (Phi) is 4.97. The Morgan fingerprint density at radius 3 is 2.77 bits per heavy atom. The van der Waals surface area contributed by atoms with Gasteiger partial charge in [0.1, 0.15) is 6.61 Å². The van der Waals surface area contributed by atoms with Crippen molar-refractivity contribution in [3.63, 3.8) is 0 Å². The van der Waals surface area contributed by atoms with Crippen LogP contribution in [0.15, 0.2) is 0 Å². The molecule has 13 heavy (non-hydrogen) atoms. The molecule has 0 bridgehead atoms. The van der Waals surface area contributed by atoms with E-state index in [2.05, 4.69) is 0 Å². The van der Waals surface area contributed by atoms with Crippen molar-refractivity contribution in [3.05, 3.63) is 0 Å². The SMILES string of the molecule is CCCOCC(=O)CC1OCCO1. The lowest BCUT2D eigenvalue weighted by Crippen LogP contribution is -2.18. The van der Waals surface area contributed by atoms with E-state index in [0.717, 1.165) is 6.42 Å². The minimum atomic E-state index is -0.335. The van der Waals surface area contributed by atoms with Crippen LogP contribution in [0, 0.1) is 0 Å². The minimum absolute atomic E-state index is 0.0420. The minimum Gasteiger partial charge on any atom is -0.374 e. The summed E-state index contributed by atoms with van der Waals surface area (Å²) in [5.74, 6) is 0.0420. The number of Topliss-reactive ketones (excluding diaryl/α,β-unsaturated/α-hetero) is 1. The van der Waals surface area contributed by atoms with Gasteiger partial charge in [0.2, 0.25) is 0 Å². The zero-order chi connectivity index (χ0) is 9.52. The summed E-state index contributed by atoms with van der Waals surface area (Å²) in [5.41, 5.74) is 0. The van der Waals surface area contributed by atoms with Gasteiger partial charge in [-0.1, -0.05) is 6.92 Å². The topological polar surface area (TPSA) is 44.8 Å². The van der Waals surface area contributed by atoms with Crippen LogP contribution in [0.5, 0.6) is 0 Å². The van der Waals surface area contributed by atoms with Crippen molar-refractivity contribution in [1.29, 1.82) is 0 Å². The molecule has 1 aliphatic rings. The zero-order valence-electron chi connectivity index (χ0n) is 7.95. The average molecular weight is 188 g/mol. The van der Waals surface area contributed by atoms with E-state index >= 15 is 0 Å². The number of rotatable bonds is 6. The fourth-order valence-corrected chi connectivity index (χ4v) is 1.10. The van der Waals surface area contributed by atoms with Crippen LogP contribution >= 0.6 is 0 Å². The van der Waals surface area contributed by atoms with Gasteiger partial charge in [0, 0.05) is 6.61 Å². The molecule has 0 saturated carbocycles. The third-order valence-electron chi connectivity index (χ3n) is 1.70. The molecule has 1 fully saturated rings. The monoisotopic (exact) mass is 188 g/mol. The molecule has 0 atom stereocenters. The van der Waals surface area contributed by atoms with Gasteiger partial charge in [-0.05, 0) is 6.42 Å². The van der Waals surface area contributed by atoms with Crippen LogP contribution in [0.25, 0.3) is 0 Å². The Hall–Kier alpha value is -0.450. The molecule has 0 N–H and O–H groups in total. The molecule has 0 radical (unpaired) electrons. The molecule has 4 nitrogen and oxygen atoms in total. The number of ketones is 1. The summed E-state index contributed by atoms with van der Waals surface area (Å²) in [6, 6.07) is 0. The number of ether oxygens (including phenoxy) is 3. The predicted octanol–water partition coefficient (Wildman–Crippen LogP) is 0.745. The van der Waals surface area contributed by atoms with Crippen molar-refractivity contribution >= 4 is 5.78 Å². The first kappa shape index (κ1) is 10.6. The van der Waals surface area contributed by atoms with E-state index in [1.165, 1.54) is 0 Å². The van der Waals surface area contributed by atoms with Gasteiger partial charge < -0.3 is 14.2 Å². The predicted molar refractivity (Wildman–Crippen MR) is 46.4 cm³/mol. The second kappa shape index (κ2) is 6.07. The molecule has 4 heteroatoms. The molecule has 0 aromatic rings. The lowest BCUT2D eigenvalue weighted by molar-refractivity contribution is -0.131. The van der Waals surface area contributed by atoms with Crippen molar-refractivity contribution in [3.8, 4) is 0 Å². The third kappa shape index (κ3) is 4.36. The highest BCUT2D eigenvalue weighted by Gasteiger charge is 2.19.